The van der Waals surface area contributed by atoms with Crippen LogP contribution in [0.5, 0.6) is 0 Å². The van der Waals surface area contributed by atoms with Crippen LogP contribution in [0.15, 0.2) is 51.8 Å². The van der Waals surface area contributed by atoms with Gasteiger partial charge in [0.2, 0.25) is 10.0 Å². The Balaban J connectivity index is 2.15. The Morgan fingerprint density at radius 1 is 1.18 bits per heavy atom. The van der Waals surface area contributed by atoms with Crippen molar-refractivity contribution in [3.63, 3.8) is 0 Å². The normalized spacial score (nSPS) is 11.2. The van der Waals surface area contributed by atoms with Crippen LogP contribution in [0.25, 0.3) is 0 Å². The van der Waals surface area contributed by atoms with Gasteiger partial charge in [-0.15, -0.1) is 0 Å². The van der Waals surface area contributed by atoms with Crippen molar-refractivity contribution in [2.45, 2.75) is 11.5 Å². The summed E-state index contributed by atoms with van der Waals surface area (Å²) in [6.45, 7) is 0.0689. The summed E-state index contributed by atoms with van der Waals surface area (Å²) in [4.78, 5) is 11.7. The first-order chi connectivity index (χ1) is 10.3. The van der Waals surface area contributed by atoms with Crippen LogP contribution in [-0.2, 0) is 21.4 Å². The monoisotopic (exact) mass is 403 g/mol. The summed E-state index contributed by atoms with van der Waals surface area (Å²) in [5.74, 6) is -0.663. The third-order valence-electron chi connectivity index (χ3n) is 2.76. The zero-order valence-corrected chi connectivity index (χ0v) is 14.3. The number of sulfonamides is 1. The number of esters is 1. The molecule has 2 aromatic rings. The Morgan fingerprint density at radius 2 is 1.82 bits per heavy atom. The molecular weight excluding hydrogens is 394 g/mol. The minimum Gasteiger partial charge on any atom is -0.457 e. The van der Waals surface area contributed by atoms with Crippen LogP contribution in [0.3, 0.4) is 0 Å². The Morgan fingerprint density at radius 3 is 2.41 bits per heavy atom. The van der Waals surface area contributed by atoms with Crippen molar-refractivity contribution in [2.75, 3.05) is 0 Å². The van der Waals surface area contributed by atoms with Crippen molar-refractivity contribution in [3.05, 3.63) is 63.1 Å². The Labute approximate surface area is 141 Å². The van der Waals surface area contributed by atoms with Gasteiger partial charge >= 0.3 is 5.97 Å². The highest BCUT2D eigenvalue weighted by atomic mass is 79.9. The molecule has 0 bridgehead atoms. The molecule has 0 saturated heterocycles. The predicted octanol–water partition coefficient (Wildman–Crippen LogP) is 3.11. The number of primary sulfonamides is 1. The summed E-state index contributed by atoms with van der Waals surface area (Å²) in [5, 5.41) is 4.99. The average Bonchev–Trinajstić information content (AvgIpc) is 2.45. The van der Waals surface area contributed by atoms with Crippen molar-refractivity contribution in [1.82, 2.24) is 0 Å². The fourth-order valence-corrected chi connectivity index (χ4v) is 3.00. The molecule has 0 aliphatic heterocycles. The number of nitrogens with two attached hydrogens (primary N) is 1. The first kappa shape index (κ1) is 17.0. The molecule has 0 aromatic heterocycles. The van der Waals surface area contributed by atoms with Gasteiger partial charge in [0.05, 0.1) is 10.6 Å². The van der Waals surface area contributed by atoms with Crippen molar-refractivity contribution >= 4 is 43.5 Å². The third kappa shape index (κ3) is 4.30. The lowest BCUT2D eigenvalue weighted by atomic mass is 10.2. The minimum atomic E-state index is -4.01. The molecule has 2 aromatic carbocycles. The second-order valence-corrected chi connectivity index (χ2v) is 7.25. The quantitative estimate of drug-likeness (QED) is 0.793. The molecule has 2 rings (SSSR count). The second kappa shape index (κ2) is 6.78. The number of carbonyl (C=O) groups is 1. The molecule has 0 amide bonds. The first-order valence-corrected chi connectivity index (χ1v) is 8.73. The zero-order valence-electron chi connectivity index (χ0n) is 11.1. The van der Waals surface area contributed by atoms with Gasteiger partial charge in [-0.3, -0.25) is 0 Å². The van der Waals surface area contributed by atoms with Crippen LogP contribution in [-0.4, -0.2) is 14.4 Å². The largest absolute Gasteiger partial charge is 0.457 e. The summed E-state index contributed by atoms with van der Waals surface area (Å²) in [5.41, 5.74) is 0.864. The third-order valence-corrected chi connectivity index (χ3v) is 4.68. The number of ether oxygens (including phenoxy) is 1. The van der Waals surface area contributed by atoms with E-state index in [-0.39, 0.29) is 22.1 Å². The van der Waals surface area contributed by atoms with Crippen molar-refractivity contribution in [2.24, 2.45) is 5.14 Å². The fraction of sp³-hybridized carbons (Fsp3) is 0.0714. The van der Waals surface area contributed by atoms with Gasteiger partial charge in [-0.25, -0.2) is 18.4 Å². The number of hydrogen-bond donors (Lipinski definition) is 1. The predicted molar refractivity (Wildman–Crippen MR) is 86.1 cm³/mol. The van der Waals surface area contributed by atoms with E-state index in [0.717, 1.165) is 16.1 Å². The highest BCUT2D eigenvalue weighted by Crippen LogP contribution is 2.22. The smallest absolute Gasteiger partial charge is 0.338 e. The van der Waals surface area contributed by atoms with Gasteiger partial charge in [-0.1, -0.05) is 39.7 Å². The highest BCUT2D eigenvalue weighted by Gasteiger charge is 2.17. The van der Waals surface area contributed by atoms with Crippen LogP contribution in [0.1, 0.15) is 15.9 Å². The number of hydrogen-bond acceptors (Lipinski definition) is 4. The van der Waals surface area contributed by atoms with E-state index < -0.39 is 16.0 Å². The van der Waals surface area contributed by atoms with Crippen LogP contribution in [0.2, 0.25) is 5.02 Å². The SMILES string of the molecule is NS(=O)(=O)c1cc(C(=O)OCc2ccc(Br)cc2)ccc1Cl. The van der Waals surface area contributed by atoms with Gasteiger partial charge in [0, 0.05) is 4.47 Å². The molecule has 0 spiro atoms. The molecule has 0 heterocycles. The lowest BCUT2D eigenvalue weighted by Gasteiger charge is -2.07. The summed E-state index contributed by atoms with van der Waals surface area (Å²) >= 11 is 9.06. The number of halogens is 2. The molecule has 0 radical (unpaired) electrons. The Bertz CT molecular complexity index is 806. The van der Waals surface area contributed by atoms with Crippen LogP contribution >= 0.6 is 27.5 Å². The molecular formula is C14H11BrClNO4S. The van der Waals surface area contributed by atoms with Gasteiger partial charge in [0.25, 0.3) is 0 Å². The molecule has 0 unspecified atom stereocenters. The van der Waals surface area contributed by atoms with E-state index in [1.807, 2.05) is 12.1 Å². The van der Waals surface area contributed by atoms with Crippen molar-refractivity contribution in [1.29, 1.82) is 0 Å². The van der Waals surface area contributed by atoms with E-state index in [4.69, 9.17) is 21.5 Å². The van der Waals surface area contributed by atoms with Crippen LogP contribution in [0, 0.1) is 0 Å². The number of rotatable bonds is 4. The summed E-state index contributed by atoms with van der Waals surface area (Å²) in [6, 6.07) is 11.0. The molecule has 116 valence electrons. The molecule has 2 N–H and O–H groups in total. The van der Waals surface area contributed by atoms with E-state index in [0.29, 0.717) is 0 Å². The molecule has 5 nitrogen and oxygen atoms in total. The van der Waals surface area contributed by atoms with E-state index in [9.17, 15) is 13.2 Å². The summed E-state index contributed by atoms with van der Waals surface area (Å²) < 4.78 is 28.8. The van der Waals surface area contributed by atoms with Gasteiger partial charge < -0.3 is 4.74 Å². The Hall–Kier alpha value is -1.41. The van der Waals surface area contributed by atoms with Crippen LogP contribution in [0.4, 0.5) is 0 Å². The first-order valence-electron chi connectivity index (χ1n) is 6.01. The maximum absolute atomic E-state index is 12.0. The number of benzene rings is 2. The molecule has 22 heavy (non-hydrogen) atoms. The Kier molecular flexibility index (Phi) is 5.23. The summed E-state index contributed by atoms with van der Waals surface area (Å²) in [6.07, 6.45) is 0. The zero-order chi connectivity index (χ0) is 16.3. The highest BCUT2D eigenvalue weighted by molar-refractivity contribution is 9.10. The van der Waals surface area contributed by atoms with E-state index in [1.165, 1.54) is 12.1 Å². The molecule has 0 fully saturated rings. The van der Waals surface area contributed by atoms with Crippen molar-refractivity contribution in [3.8, 4) is 0 Å². The average molecular weight is 405 g/mol. The molecule has 0 aliphatic carbocycles. The molecule has 8 heteroatoms. The maximum atomic E-state index is 12.0. The van der Waals surface area contributed by atoms with Gasteiger partial charge in [0.1, 0.15) is 11.5 Å². The van der Waals surface area contributed by atoms with E-state index in [1.54, 1.807) is 12.1 Å². The summed E-state index contributed by atoms with van der Waals surface area (Å²) in [7, 11) is -4.01. The van der Waals surface area contributed by atoms with Gasteiger partial charge in [-0.05, 0) is 35.9 Å². The molecule has 0 saturated carbocycles. The van der Waals surface area contributed by atoms with Gasteiger partial charge in [-0.2, -0.15) is 0 Å². The molecule has 0 atom stereocenters. The number of carbonyl (C=O) groups excluding carboxylic acids is 1. The lowest BCUT2D eigenvalue weighted by molar-refractivity contribution is 0.0472. The molecule has 0 aliphatic rings. The van der Waals surface area contributed by atoms with E-state index in [2.05, 4.69) is 15.9 Å². The van der Waals surface area contributed by atoms with Gasteiger partial charge in [0.15, 0.2) is 0 Å². The standard InChI is InChI=1S/C14H11BrClNO4S/c15-11-4-1-9(2-5-11)8-21-14(18)10-3-6-12(16)13(7-10)22(17,19)20/h1-7H,8H2,(H2,17,19,20). The minimum absolute atomic E-state index is 0.0491. The topological polar surface area (TPSA) is 86.5 Å². The second-order valence-electron chi connectivity index (χ2n) is 4.39. The van der Waals surface area contributed by atoms with Crippen LogP contribution < -0.4 is 5.14 Å². The fourth-order valence-electron chi connectivity index (χ4n) is 1.66. The lowest BCUT2D eigenvalue weighted by Crippen LogP contribution is -2.14. The maximum Gasteiger partial charge on any atom is 0.338 e. The van der Waals surface area contributed by atoms with Crippen molar-refractivity contribution < 1.29 is 17.9 Å². The van der Waals surface area contributed by atoms with E-state index >= 15 is 0 Å².